The first kappa shape index (κ1) is 13.6. The lowest BCUT2D eigenvalue weighted by Crippen LogP contribution is -2.20. The van der Waals surface area contributed by atoms with Crippen molar-refractivity contribution in [3.63, 3.8) is 0 Å². The van der Waals surface area contributed by atoms with E-state index < -0.39 is 0 Å². The van der Waals surface area contributed by atoms with Gasteiger partial charge in [-0.3, -0.25) is 0 Å². The van der Waals surface area contributed by atoms with Gasteiger partial charge in [0.15, 0.2) is 0 Å². The van der Waals surface area contributed by atoms with Crippen molar-refractivity contribution in [3.05, 3.63) is 35.4 Å². The molecule has 2 nitrogen and oxygen atoms in total. The van der Waals surface area contributed by atoms with E-state index in [0.29, 0.717) is 5.41 Å². The van der Waals surface area contributed by atoms with Gasteiger partial charge in [-0.2, -0.15) is 5.48 Å². The van der Waals surface area contributed by atoms with Crippen LogP contribution in [0.3, 0.4) is 0 Å². The second-order valence-corrected chi connectivity index (χ2v) is 6.21. The number of benzene rings is 1. The molecule has 1 aromatic carbocycles. The highest BCUT2D eigenvalue weighted by Crippen LogP contribution is 2.42. The van der Waals surface area contributed by atoms with Gasteiger partial charge in [-0.15, -0.1) is 0 Å². The maximum absolute atomic E-state index is 4.91. The Kier molecular flexibility index (Phi) is 4.41. The van der Waals surface area contributed by atoms with Crippen molar-refractivity contribution in [3.8, 4) is 0 Å². The summed E-state index contributed by atoms with van der Waals surface area (Å²) in [5.74, 6) is 0.750. The molecule has 0 aromatic heterocycles. The first-order valence-electron chi connectivity index (χ1n) is 6.95. The molecule has 0 aliphatic heterocycles. The molecule has 0 atom stereocenters. The molecule has 1 fully saturated rings. The normalized spacial score (nSPS) is 19.9. The molecule has 0 saturated heterocycles. The van der Waals surface area contributed by atoms with Crippen molar-refractivity contribution in [2.75, 3.05) is 7.11 Å². The molecule has 1 N–H and O–H groups in total. The molecule has 0 heterocycles. The fraction of sp³-hybridized carbons (Fsp3) is 0.625. The Morgan fingerprint density at radius 1 is 1.28 bits per heavy atom. The molecule has 1 saturated carbocycles. The summed E-state index contributed by atoms with van der Waals surface area (Å²) in [4.78, 5) is 4.91. The number of hydrogen-bond donors (Lipinski definition) is 1. The van der Waals surface area contributed by atoms with E-state index in [2.05, 4.69) is 43.6 Å². The van der Waals surface area contributed by atoms with Gasteiger partial charge < -0.3 is 4.84 Å². The monoisotopic (exact) mass is 247 g/mol. The largest absolute Gasteiger partial charge is 0.305 e. The lowest BCUT2D eigenvalue weighted by atomic mass is 9.71. The van der Waals surface area contributed by atoms with Gasteiger partial charge in [0.05, 0.1) is 7.11 Å². The van der Waals surface area contributed by atoms with Crippen molar-refractivity contribution >= 4 is 0 Å². The van der Waals surface area contributed by atoms with E-state index in [0.717, 1.165) is 12.5 Å². The Bertz CT molecular complexity index is 376. The van der Waals surface area contributed by atoms with Crippen LogP contribution in [0.1, 0.15) is 56.6 Å². The van der Waals surface area contributed by atoms with E-state index in [-0.39, 0.29) is 0 Å². The highest BCUT2D eigenvalue weighted by atomic mass is 16.6. The molecule has 0 radical (unpaired) electrons. The zero-order valence-corrected chi connectivity index (χ0v) is 11.8. The predicted octanol–water partition coefficient (Wildman–Crippen LogP) is 4.02. The molecule has 0 bridgehead atoms. The quantitative estimate of drug-likeness (QED) is 0.811. The third-order valence-electron chi connectivity index (χ3n) is 4.18. The summed E-state index contributed by atoms with van der Waals surface area (Å²) < 4.78 is 0. The van der Waals surface area contributed by atoms with E-state index >= 15 is 0 Å². The van der Waals surface area contributed by atoms with Crippen LogP contribution in [-0.4, -0.2) is 7.11 Å². The molecular formula is C16H25NO. The Balaban J connectivity index is 2.00. The van der Waals surface area contributed by atoms with Crippen LogP contribution in [-0.2, 0) is 11.4 Å². The summed E-state index contributed by atoms with van der Waals surface area (Å²) in [6.45, 7) is 5.56. The van der Waals surface area contributed by atoms with Crippen LogP contribution in [0.15, 0.2) is 24.3 Å². The SMILES string of the molecule is CONCc1cccc(C2CCC(C)(C)CC2)c1. The minimum Gasteiger partial charge on any atom is -0.305 e. The second kappa shape index (κ2) is 5.85. The topological polar surface area (TPSA) is 21.3 Å². The smallest absolute Gasteiger partial charge is 0.0572 e. The van der Waals surface area contributed by atoms with Gasteiger partial charge in [0, 0.05) is 6.54 Å². The summed E-state index contributed by atoms with van der Waals surface area (Å²) in [6.07, 6.45) is 5.35. The number of rotatable bonds is 4. The lowest BCUT2D eigenvalue weighted by molar-refractivity contribution is 0.0867. The molecule has 1 aromatic rings. The maximum atomic E-state index is 4.91. The summed E-state index contributed by atoms with van der Waals surface area (Å²) in [7, 11) is 1.66. The van der Waals surface area contributed by atoms with Gasteiger partial charge in [0.25, 0.3) is 0 Å². The fourth-order valence-electron chi connectivity index (χ4n) is 2.85. The van der Waals surface area contributed by atoms with E-state index in [4.69, 9.17) is 4.84 Å². The van der Waals surface area contributed by atoms with Gasteiger partial charge in [-0.05, 0) is 48.1 Å². The second-order valence-electron chi connectivity index (χ2n) is 6.21. The van der Waals surface area contributed by atoms with Crippen LogP contribution in [0.25, 0.3) is 0 Å². The molecule has 18 heavy (non-hydrogen) atoms. The first-order valence-corrected chi connectivity index (χ1v) is 6.95. The molecule has 2 rings (SSSR count). The summed E-state index contributed by atoms with van der Waals surface area (Å²) in [5.41, 5.74) is 6.26. The van der Waals surface area contributed by atoms with Crippen LogP contribution >= 0.6 is 0 Å². The Morgan fingerprint density at radius 2 is 2.00 bits per heavy atom. The molecule has 1 aliphatic carbocycles. The van der Waals surface area contributed by atoms with Gasteiger partial charge in [0.2, 0.25) is 0 Å². The number of hydrogen-bond acceptors (Lipinski definition) is 2. The van der Waals surface area contributed by atoms with Crippen LogP contribution in [0.2, 0.25) is 0 Å². The first-order chi connectivity index (χ1) is 8.61. The highest BCUT2D eigenvalue weighted by molar-refractivity contribution is 5.26. The predicted molar refractivity (Wildman–Crippen MR) is 75.3 cm³/mol. The molecule has 0 spiro atoms. The van der Waals surface area contributed by atoms with Gasteiger partial charge in [-0.25, -0.2) is 0 Å². The molecule has 0 amide bonds. The van der Waals surface area contributed by atoms with E-state index in [1.165, 1.54) is 36.8 Å². The third-order valence-corrected chi connectivity index (χ3v) is 4.18. The van der Waals surface area contributed by atoms with Crippen LogP contribution < -0.4 is 5.48 Å². The standard InChI is InChI=1S/C16H25NO/c1-16(2)9-7-14(8-10-16)15-6-4-5-13(11-15)12-17-18-3/h4-6,11,14,17H,7-10,12H2,1-3H3. The Hall–Kier alpha value is -0.860. The van der Waals surface area contributed by atoms with Crippen molar-refractivity contribution in [2.45, 2.75) is 52.0 Å². The summed E-state index contributed by atoms with van der Waals surface area (Å²) in [6, 6.07) is 8.93. The highest BCUT2D eigenvalue weighted by Gasteiger charge is 2.27. The Morgan fingerprint density at radius 3 is 2.67 bits per heavy atom. The zero-order chi connectivity index (χ0) is 13.0. The molecule has 2 heteroatoms. The van der Waals surface area contributed by atoms with E-state index in [1.54, 1.807) is 7.11 Å². The van der Waals surface area contributed by atoms with Crippen molar-refractivity contribution in [2.24, 2.45) is 5.41 Å². The molecule has 0 unspecified atom stereocenters. The van der Waals surface area contributed by atoms with Gasteiger partial charge in [-0.1, -0.05) is 38.1 Å². The molecular weight excluding hydrogens is 222 g/mol. The minimum absolute atomic E-state index is 0.547. The lowest BCUT2D eigenvalue weighted by Gasteiger charge is -2.34. The van der Waals surface area contributed by atoms with E-state index in [9.17, 15) is 0 Å². The van der Waals surface area contributed by atoms with Crippen LogP contribution in [0, 0.1) is 5.41 Å². The minimum atomic E-state index is 0.547. The van der Waals surface area contributed by atoms with Crippen molar-refractivity contribution < 1.29 is 4.84 Å². The number of hydroxylamine groups is 1. The third kappa shape index (κ3) is 3.56. The maximum Gasteiger partial charge on any atom is 0.0572 e. The van der Waals surface area contributed by atoms with Gasteiger partial charge in [0.1, 0.15) is 0 Å². The molecule has 1 aliphatic rings. The number of nitrogens with one attached hydrogen (secondary N) is 1. The average Bonchev–Trinajstić information content (AvgIpc) is 2.37. The van der Waals surface area contributed by atoms with Crippen LogP contribution in [0.5, 0.6) is 0 Å². The zero-order valence-electron chi connectivity index (χ0n) is 11.8. The average molecular weight is 247 g/mol. The fourth-order valence-corrected chi connectivity index (χ4v) is 2.85. The Labute approximate surface area is 111 Å². The van der Waals surface area contributed by atoms with E-state index in [1.807, 2.05) is 0 Å². The van der Waals surface area contributed by atoms with Crippen LogP contribution in [0.4, 0.5) is 0 Å². The van der Waals surface area contributed by atoms with Gasteiger partial charge >= 0.3 is 0 Å². The van der Waals surface area contributed by atoms with Crippen molar-refractivity contribution in [1.82, 2.24) is 5.48 Å². The molecule has 100 valence electrons. The summed E-state index contributed by atoms with van der Waals surface area (Å²) in [5, 5.41) is 0. The van der Waals surface area contributed by atoms with Crippen molar-refractivity contribution in [1.29, 1.82) is 0 Å². The summed E-state index contributed by atoms with van der Waals surface area (Å²) >= 11 is 0.